The maximum absolute atomic E-state index is 5.86. The smallest absolute Gasteiger partial charge is 0.175 e. The fourth-order valence-corrected chi connectivity index (χ4v) is 2.73. The molecule has 3 N–H and O–H groups in total. The van der Waals surface area contributed by atoms with Gasteiger partial charge < -0.3 is 20.5 Å². The van der Waals surface area contributed by atoms with Crippen LogP contribution in [0.25, 0.3) is 0 Å². The Labute approximate surface area is 122 Å². The lowest BCUT2D eigenvalue weighted by molar-refractivity contribution is 0.296. The second kappa shape index (κ2) is 6.59. The topological polar surface area (TPSA) is 56.5 Å². The number of rotatable bonds is 4. The van der Waals surface area contributed by atoms with Gasteiger partial charge in [0.2, 0.25) is 0 Å². The maximum Gasteiger partial charge on any atom is 0.175 e. The van der Waals surface area contributed by atoms with Crippen molar-refractivity contribution in [3.05, 3.63) is 22.2 Å². The molecule has 2 rings (SSSR count). The Kier molecular flexibility index (Phi) is 5.07. The molecule has 0 saturated carbocycles. The van der Waals surface area contributed by atoms with Gasteiger partial charge in [-0.25, -0.2) is 0 Å². The van der Waals surface area contributed by atoms with Crippen molar-refractivity contribution in [1.29, 1.82) is 0 Å². The number of hydrogen-bond acceptors (Lipinski definition) is 4. The van der Waals surface area contributed by atoms with Crippen LogP contribution in [-0.4, -0.2) is 25.8 Å². The van der Waals surface area contributed by atoms with Gasteiger partial charge in [0.25, 0.3) is 0 Å². The van der Waals surface area contributed by atoms with Gasteiger partial charge in [0, 0.05) is 25.0 Å². The van der Waals surface area contributed by atoms with Gasteiger partial charge >= 0.3 is 0 Å². The fraction of sp³-hybridized carbons (Fsp3) is 0.571. The van der Waals surface area contributed by atoms with Crippen LogP contribution < -0.4 is 20.5 Å². The highest BCUT2D eigenvalue weighted by atomic mass is 79.9. The summed E-state index contributed by atoms with van der Waals surface area (Å²) < 4.78 is 12.4. The van der Waals surface area contributed by atoms with Crippen LogP contribution in [0.2, 0.25) is 0 Å². The Bertz CT molecular complexity index is 438. The van der Waals surface area contributed by atoms with E-state index in [1.165, 1.54) is 0 Å². The minimum absolute atomic E-state index is 0.119. The highest BCUT2D eigenvalue weighted by Gasteiger charge is 2.19. The molecule has 0 aromatic heterocycles. The lowest BCUT2D eigenvalue weighted by atomic mass is 10.1. The van der Waals surface area contributed by atoms with E-state index in [1.807, 2.05) is 6.07 Å². The van der Waals surface area contributed by atoms with Crippen LogP contribution in [0, 0.1) is 0 Å². The van der Waals surface area contributed by atoms with Crippen LogP contribution >= 0.6 is 15.9 Å². The Morgan fingerprint density at radius 3 is 2.74 bits per heavy atom. The third-order valence-electron chi connectivity index (χ3n) is 3.00. The van der Waals surface area contributed by atoms with Crippen LogP contribution in [0.15, 0.2) is 16.6 Å². The van der Waals surface area contributed by atoms with Crippen molar-refractivity contribution in [1.82, 2.24) is 5.32 Å². The largest absolute Gasteiger partial charge is 0.490 e. The molecular formula is C14H21BrN2O2. The molecule has 0 radical (unpaired) electrons. The Morgan fingerprint density at radius 1 is 1.32 bits per heavy atom. The first kappa shape index (κ1) is 14.6. The molecule has 1 aliphatic rings. The predicted octanol–water partition coefficient (Wildman–Crippen LogP) is 2.61. The number of benzene rings is 1. The Hall–Kier alpha value is -0.780. The van der Waals surface area contributed by atoms with Crippen LogP contribution in [0.4, 0.5) is 0 Å². The summed E-state index contributed by atoms with van der Waals surface area (Å²) in [5, 5.41) is 3.45. The van der Waals surface area contributed by atoms with E-state index in [1.54, 1.807) is 0 Å². The Morgan fingerprint density at radius 2 is 2.05 bits per heavy atom. The van der Waals surface area contributed by atoms with E-state index >= 15 is 0 Å². The molecule has 1 aromatic carbocycles. The van der Waals surface area contributed by atoms with E-state index in [2.05, 4.69) is 41.2 Å². The zero-order valence-corrected chi connectivity index (χ0v) is 13.0. The molecule has 1 aliphatic heterocycles. The summed E-state index contributed by atoms with van der Waals surface area (Å²) in [7, 11) is 0. The first-order valence-electron chi connectivity index (χ1n) is 6.67. The van der Waals surface area contributed by atoms with E-state index in [0.717, 1.165) is 28.0 Å². The maximum atomic E-state index is 5.86. The van der Waals surface area contributed by atoms with Crippen molar-refractivity contribution < 1.29 is 9.47 Å². The van der Waals surface area contributed by atoms with Gasteiger partial charge in [-0.15, -0.1) is 0 Å². The van der Waals surface area contributed by atoms with Crippen LogP contribution in [0.5, 0.6) is 11.5 Å². The molecule has 0 spiro atoms. The zero-order valence-electron chi connectivity index (χ0n) is 11.4. The van der Waals surface area contributed by atoms with Crippen molar-refractivity contribution >= 4 is 15.9 Å². The van der Waals surface area contributed by atoms with Crippen LogP contribution in [0.3, 0.4) is 0 Å². The highest BCUT2D eigenvalue weighted by Crippen LogP contribution is 2.39. The molecule has 1 atom stereocenters. The molecule has 1 heterocycles. The van der Waals surface area contributed by atoms with E-state index in [0.29, 0.717) is 25.8 Å². The van der Waals surface area contributed by atoms with Crippen molar-refractivity contribution in [2.75, 3.05) is 19.8 Å². The van der Waals surface area contributed by atoms with Crippen molar-refractivity contribution in [2.24, 2.45) is 5.73 Å². The van der Waals surface area contributed by atoms with Crippen molar-refractivity contribution in [2.45, 2.75) is 32.4 Å². The minimum Gasteiger partial charge on any atom is -0.490 e. The average molecular weight is 329 g/mol. The van der Waals surface area contributed by atoms with Gasteiger partial charge in [0.05, 0.1) is 17.7 Å². The molecule has 5 heteroatoms. The lowest BCUT2D eigenvalue weighted by Crippen LogP contribution is -2.33. The molecule has 0 fully saturated rings. The third-order valence-corrected chi connectivity index (χ3v) is 3.59. The molecule has 19 heavy (non-hydrogen) atoms. The van der Waals surface area contributed by atoms with Gasteiger partial charge in [-0.05, 0) is 33.6 Å². The fourth-order valence-electron chi connectivity index (χ4n) is 2.15. The van der Waals surface area contributed by atoms with Crippen molar-refractivity contribution in [3.8, 4) is 11.5 Å². The molecule has 106 valence electrons. The van der Waals surface area contributed by atoms with Gasteiger partial charge in [-0.2, -0.15) is 0 Å². The summed E-state index contributed by atoms with van der Waals surface area (Å²) in [6.45, 7) is 6.15. The molecule has 0 amide bonds. The van der Waals surface area contributed by atoms with Crippen LogP contribution in [0.1, 0.15) is 31.9 Å². The van der Waals surface area contributed by atoms with Gasteiger partial charge in [0.15, 0.2) is 11.5 Å². The minimum atomic E-state index is 0.119. The van der Waals surface area contributed by atoms with Gasteiger partial charge in [0.1, 0.15) is 0 Å². The average Bonchev–Trinajstić information content (AvgIpc) is 2.61. The summed E-state index contributed by atoms with van der Waals surface area (Å²) in [5.74, 6) is 1.59. The lowest BCUT2D eigenvalue weighted by Gasteiger charge is -2.21. The normalized spacial score (nSPS) is 16.3. The van der Waals surface area contributed by atoms with Gasteiger partial charge in [-0.1, -0.05) is 13.8 Å². The van der Waals surface area contributed by atoms with E-state index in [-0.39, 0.29) is 6.04 Å². The SMILES string of the molecule is CC(C)NC(CN)c1cc(Br)c2c(c1)OCCCO2. The summed E-state index contributed by atoms with van der Waals surface area (Å²) in [5.41, 5.74) is 6.98. The molecule has 0 saturated heterocycles. The summed E-state index contributed by atoms with van der Waals surface area (Å²) in [6.07, 6.45) is 0.904. The van der Waals surface area contributed by atoms with Crippen LogP contribution in [-0.2, 0) is 0 Å². The molecule has 4 nitrogen and oxygen atoms in total. The standard InChI is InChI=1S/C14H21BrN2O2/c1-9(2)17-12(8-16)10-6-11(15)14-13(7-10)18-4-3-5-19-14/h6-7,9,12,17H,3-5,8,16H2,1-2H3. The summed E-state index contributed by atoms with van der Waals surface area (Å²) in [6, 6.07) is 4.58. The summed E-state index contributed by atoms with van der Waals surface area (Å²) in [4.78, 5) is 0. The monoisotopic (exact) mass is 328 g/mol. The molecule has 0 bridgehead atoms. The molecular weight excluding hydrogens is 308 g/mol. The number of nitrogens with one attached hydrogen (secondary N) is 1. The number of nitrogens with two attached hydrogens (primary N) is 1. The quantitative estimate of drug-likeness (QED) is 0.892. The summed E-state index contributed by atoms with van der Waals surface area (Å²) >= 11 is 3.56. The first-order chi connectivity index (χ1) is 9.11. The predicted molar refractivity (Wildman–Crippen MR) is 79.8 cm³/mol. The van der Waals surface area contributed by atoms with Gasteiger partial charge in [-0.3, -0.25) is 0 Å². The molecule has 1 unspecified atom stereocenters. The van der Waals surface area contributed by atoms with E-state index in [4.69, 9.17) is 15.2 Å². The Balaban J connectivity index is 2.31. The molecule has 1 aromatic rings. The first-order valence-corrected chi connectivity index (χ1v) is 7.46. The zero-order chi connectivity index (χ0) is 13.8. The molecule has 0 aliphatic carbocycles. The van der Waals surface area contributed by atoms with E-state index in [9.17, 15) is 0 Å². The second-order valence-corrected chi connectivity index (χ2v) is 5.84. The number of hydrogen-bond donors (Lipinski definition) is 2. The number of fused-ring (bicyclic) bond motifs is 1. The number of halogens is 1. The van der Waals surface area contributed by atoms with Crippen molar-refractivity contribution in [3.63, 3.8) is 0 Å². The van der Waals surface area contributed by atoms with E-state index < -0.39 is 0 Å². The second-order valence-electron chi connectivity index (χ2n) is 4.99. The third kappa shape index (κ3) is 3.61. The highest BCUT2D eigenvalue weighted by molar-refractivity contribution is 9.10. The number of ether oxygens (including phenoxy) is 2.